The number of rotatable bonds is 4. The van der Waals surface area contributed by atoms with Gasteiger partial charge in [-0.05, 0) is 17.7 Å². The number of halogens is 7. The Morgan fingerprint density at radius 2 is 1.54 bits per heavy atom. The Labute approximate surface area is 141 Å². The van der Waals surface area contributed by atoms with Crippen LogP contribution in [-0.4, -0.2) is 43.6 Å². The van der Waals surface area contributed by atoms with Crippen molar-refractivity contribution in [1.82, 2.24) is 10.2 Å². The third-order valence-electron chi connectivity index (χ3n) is 3.52. The third kappa shape index (κ3) is 6.74. The molecule has 138 valence electrons. The van der Waals surface area contributed by atoms with Gasteiger partial charge in [-0.1, -0.05) is 12.1 Å². The number of nitrogens with zero attached hydrogens (tertiary/aromatic N) is 1. The van der Waals surface area contributed by atoms with Gasteiger partial charge in [0.05, 0.1) is 6.42 Å². The highest BCUT2D eigenvalue weighted by Gasteiger charge is 2.36. The molecule has 0 amide bonds. The van der Waals surface area contributed by atoms with Gasteiger partial charge in [-0.2, -0.15) is 13.2 Å². The molecule has 24 heavy (non-hydrogen) atoms. The first-order valence-corrected chi connectivity index (χ1v) is 7.01. The number of nitrogens with one attached hydrogen (secondary N) is 1. The molecule has 3 nitrogen and oxygen atoms in total. The van der Waals surface area contributed by atoms with Crippen LogP contribution < -0.4 is 10.1 Å². The molecule has 0 radical (unpaired) electrons. The second-order valence-electron chi connectivity index (χ2n) is 5.24. The Hall–Kier alpha value is -1.19. The maximum atomic E-state index is 12.8. The van der Waals surface area contributed by atoms with Crippen molar-refractivity contribution in [3.8, 4) is 5.75 Å². The molecule has 0 unspecified atom stereocenters. The summed E-state index contributed by atoms with van der Waals surface area (Å²) in [5, 5.41) is 3.05. The summed E-state index contributed by atoms with van der Waals surface area (Å²) in [6.07, 6.45) is -10.2. The minimum absolute atomic E-state index is 0. The lowest BCUT2D eigenvalue weighted by Crippen LogP contribution is -2.46. The molecule has 1 saturated heterocycles. The van der Waals surface area contributed by atoms with Crippen LogP contribution in [-0.2, 0) is 0 Å². The summed E-state index contributed by atoms with van der Waals surface area (Å²) < 4.78 is 78.6. The van der Waals surface area contributed by atoms with Crippen LogP contribution in [0.1, 0.15) is 18.0 Å². The quantitative estimate of drug-likeness (QED) is 0.804. The van der Waals surface area contributed by atoms with E-state index in [0.717, 1.165) is 12.1 Å². The van der Waals surface area contributed by atoms with Gasteiger partial charge in [-0.3, -0.25) is 4.90 Å². The lowest BCUT2D eigenvalue weighted by Gasteiger charge is -2.35. The van der Waals surface area contributed by atoms with E-state index in [2.05, 4.69) is 10.1 Å². The van der Waals surface area contributed by atoms with E-state index in [1.165, 1.54) is 12.1 Å². The molecule has 0 bridgehead atoms. The topological polar surface area (TPSA) is 24.5 Å². The average molecular weight is 379 g/mol. The van der Waals surface area contributed by atoms with Gasteiger partial charge in [-0.15, -0.1) is 25.6 Å². The van der Waals surface area contributed by atoms with Crippen molar-refractivity contribution < 1.29 is 31.1 Å². The van der Waals surface area contributed by atoms with Crippen LogP contribution in [0.3, 0.4) is 0 Å². The largest absolute Gasteiger partial charge is 0.573 e. The summed E-state index contributed by atoms with van der Waals surface area (Å²) in [7, 11) is 0. The van der Waals surface area contributed by atoms with E-state index >= 15 is 0 Å². The highest BCUT2D eigenvalue weighted by Crippen LogP contribution is 2.35. The molecule has 10 heteroatoms. The highest BCUT2D eigenvalue weighted by molar-refractivity contribution is 5.85. The van der Waals surface area contributed by atoms with Crippen LogP contribution in [0.15, 0.2) is 24.3 Å². The van der Waals surface area contributed by atoms with Gasteiger partial charge in [0.15, 0.2) is 0 Å². The molecule has 2 rings (SSSR count). The molecule has 1 atom stereocenters. The Morgan fingerprint density at radius 3 is 2.00 bits per heavy atom. The number of ether oxygens (including phenoxy) is 1. The van der Waals surface area contributed by atoms with Gasteiger partial charge in [0, 0.05) is 32.2 Å². The fraction of sp³-hybridized carbons (Fsp3) is 0.571. The maximum Gasteiger partial charge on any atom is 0.573 e. The van der Waals surface area contributed by atoms with Gasteiger partial charge in [0.2, 0.25) is 0 Å². The van der Waals surface area contributed by atoms with E-state index in [0.29, 0.717) is 31.7 Å². The number of alkyl halides is 6. The molecular weight excluding hydrogens is 362 g/mol. The lowest BCUT2D eigenvalue weighted by molar-refractivity contribution is -0.274. The Bertz CT molecular complexity index is 499. The normalized spacial score (nSPS) is 17.9. The second-order valence-corrected chi connectivity index (χ2v) is 5.24. The van der Waals surface area contributed by atoms with E-state index in [9.17, 15) is 26.3 Å². The first-order chi connectivity index (χ1) is 10.6. The summed E-state index contributed by atoms with van der Waals surface area (Å²) >= 11 is 0. The van der Waals surface area contributed by atoms with E-state index < -0.39 is 30.8 Å². The predicted octanol–water partition coefficient (Wildman–Crippen LogP) is 3.91. The molecule has 1 N–H and O–H groups in total. The second kappa shape index (κ2) is 8.26. The van der Waals surface area contributed by atoms with Crippen molar-refractivity contribution >= 4 is 12.4 Å². The average Bonchev–Trinajstić information content (AvgIpc) is 2.44. The van der Waals surface area contributed by atoms with Crippen molar-refractivity contribution in [2.75, 3.05) is 26.2 Å². The minimum atomic E-state index is -4.83. The molecule has 1 aromatic carbocycles. The highest BCUT2D eigenvalue weighted by atomic mass is 35.5. The Balaban J connectivity index is 0.00000288. The van der Waals surface area contributed by atoms with Gasteiger partial charge < -0.3 is 10.1 Å². The zero-order valence-electron chi connectivity index (χ0n) is 12.5. The van der Waals surface area contributed by atoms with Gasteiger partial charge in [-0.25, -0.2) is 0 Å². The number of hydrogen-bond acceptors (Lipinski definition) is 3. The van der Waals surface area contributed by atoms with E-state index in [4.69, 9.17) is 0 Å². The van der Waals surface area contributed by atoms with Gasteiger partial charge >= 0.3 is 12.5 Å². The molecule has 1 aromatic rings. The zero-order chi connectivity index (χ0) is 17.1. The van der Waals surface area contributed by atoms with Gasteiger partial charge in [0.1, 0.15) is 5.75 Å². The SMILES string of the molecule is Cl.FC(F)(F)C[C@@H](c1ccc(OC(F)(F)F)cc1)N1CCNCC1. The van der Waals surface area contributed by atoms with Crippen LogP contribution >= 0.6 is 12.4 Å². The fourth-order valence-corrected chi connectivity index (χ4v) is 2.56. The molecule has 1 fully saturated rings. The lowest BCUT2D eigenvalue weighted by atomic mass is 10.0. The van der Waals surface area contributed by atoms with Crippen LogP contribution in [0.4, 0.5) is 26.3 Å². The fourth-order valence-electron chi connectivity index (χ4n) is 2.56. The number of hydrogen-bond donors (Lipinski definition) is 1. The minimum Gasteiger partial charge on any atom is -0.406 e. The number of benzene rings is 1. The van der Waals surface area contributed by atoms with Crippen molar-refractivity contribution in [1.29, 1.82) is 0 Å². The van der Waals surface area contributed by atoms with Crippen LogP contribution in [0.25, 0.3) is 0 Å². The van der Waals surface area contributed by atoms with Crippen LogP contribution in [0.2, 0.25) is 0 Å². The van der Waals surface area contributed by atoms with Crippen LogP contribution in [0, 0.1) is 0 Å². The first kappa shape index (κ1) is 20.9. The first-order valence-electron chi connectivity index (χ1n) is 7.01. The molecule has 0 aliphatic carbocycles. The standard InChI is InChI=1S/C14H16F6N2O.ClH/c15-13(16,17)9-12(22-7-5-21-6-8-22)10-1-3-11(4-2-10)23-14(18,19)20;/h1-4,12,21H,5-9H2;1H/t12-;/m0./s1. The molecule has 0 aromatic heterocycles. The predicted molar refractivity (Wildman–Crippen MR) is 78.2 cm³/mol. The third-order valence-corrected chi connectivity index (χ3v) is 3.52. The van der Waals surface area contributed by atoms with Gasteiger partial charge in [0.25, 0.3) is 0 Å². The maximum absolute atomic E-state index is 12.8. The Kier molecular flexibility index (Phi) is 7.18. The van der Waals surface area contributed by atoms with Crippen molar-refractivity contribution in [3.63, 3.8) is 0 Å². The Morgan fingerprint density at radius 1 is 1.00 bits per heavy atom. The monoisotopic (exact) mass is 378 g/mol. The summed E-state index contributed by atoms with van der Waals surface area (Å²) in [4.78, 5) is 1.68. The molecular formula is C14H17ClF6N2O. The number of piperazine rings is 1. The van der Waals surface area contributed by atoms with Crippen molar-refractivity contribution in [2.24, 2.45) is 0 Å². The molecule has 0 saturated carbocycles. The zero-order valence-corrected chi connectivity index (χ0v) is 13.3. The molecule has 1 aliphatic rings. The van der Waals surface area contributed by atoms with Crippen molar-refractivity contribution in [2.45, 2.75) is 25.0 Å². The van der Waals surface area contributed by atoms with E-state index in [1.807, 2.05) is 0 Å². The molecule has 1 aliphatic heterocycles. The van der Waals surface area contributed by atoms with E-state index in [-0.39, 0.29) is 12.4 Å². The smallest absolute Gasteiger partial charge is 0.406 e. The summed E-state index contributed by atoms with van der Waals surface area (Å²) in [5.41, 5.74) is 0.318. The summed E-state index contributed by atoms with van der Waals surface area (Å²) in [6, 6.07) is 3.65. The van der Waals surface area contributed by atoms with E-state index in [1.54, 1.807) is 4.90 Å². The molecule has 1 heterocycles. The summed E-state index contributed by atoms with van der Waals surface area (Å²) in [6.45, 7) is 2.04. The summed E-state index contributed by atoms with van der Waals surface area (Å²) in [5.74, 6) is -0.452. The van der Waals surface area contributed by atoms with Crippen molar-refractivity contribution in [3.05, 3.63) is 29.8 Å². The van der Waals surface area contributed by atoms with Crippen LogP contribution in [0.5, 0.6) is 5.75 Å². The molecule has 0 spiro atoms.